The zero-order valence-electron chi connectivity index (χ0n) is 14.1. The third-order valence-electron chi connectivity index (χ3n) is 4.60. The molecule has 0 N–H and O–H groups in total. The molecule has 0 atom stereocenters. The number of hydrogen-bond donors (Lipinski definition) is 0. The van der Waals surface area contributed by atoms with Crippen LogP contribution < -0.4 is 0 Å². The van der Waals surface area contributed by atoms with Crippen LogP contribution in [0.3, 0.4) is 0 Å². The molecular formula is C20H19N3O2. The first kappa shape index (κ1) is 15.6. The maximum atomic E-state index is 12.7. The molecule has 0 bridgehead atoms. The van der Waals surface area contributed by atoms with E-state index in [1.807, 2.05) is 30.0 Å². The van der Waals surface area contributed by atoms with E-state index < -0.39 is 0 Å². The van der Waals surface area contributed by atoms with Gasteiger partial charge in [0.05, 0.1) is 17.7 Å². The van der Waals surface area contributed by atoms with Crippen LogP contribution in [0.5, 0.6) is 0 Å². The number of oxazole rings is 1. The van der Waals surface area contributed by atoms with E-state index in [0.717, 1.165) is 18.5 Å². The molecule has 126 valence electrons. The number of rotatable bonds is 3. The Morgan fingerprint density at radius 3 is 2.84 bits per heavy atom. The summed E-state index contributed by atoms with van der Waals surface area (Å²) in [6, 6.07) is 12.0. The van der Waals surface area contributed by atoms with Crippen molar-refractivity contribution in [3.63, 3.8) is 0 Å². The number of carbonyl (C=O) groups excluding carboxylic acids is 1. The Balaban J connectivity index is 1.49. The second-order valence-corrected chi connectivity index (χ2v) is 6.27. The highest BCUT2D eigenvalue weighted by atomic mass is 16.4. The van der Waals surface area contributed by atoms with Crippen LogP contribution in [0.4, 0.5) is 0 Å². The molecule has 5 heteroatoms. The number of carbonyl (C=O) groups is 1. The highest BCUT2D eigenvalue weighted by Gasteiger charge is 2.22. The Morgan fingerprint density at radius 1 is 1.20 bits per heavy atom. The van der Waals surface area contributed by atoms with E-state index in [1.165, 1.54) is 11.1 Å². The highest BCUT2D eigenvalue weighted by Crippen LogP contribution is 2.23. The van der Waals surface area contributed by atoms with Gasteiger partial charge in [0.15, 0.2) is 0 Å². The third kappa shape index (κ3) is 3.18. The predicted octanol–water partition coefficient (Wildman–Crippen LogP) is 3.17. The summed E-state index contributed by atoms with van der Waals surface area (Å²) in [5.74, 6) is 1.28. The lowest BCUT2D eigenvalue weighted by atomic mass is 9.99. The molecule has 1 aliphatic heterocycles. The molecule has 1 aliphatic rings. The van der Waals surface area contributed by atoms with Crippen molar-refractivity contribution in [1.82, 2.24) is 14.9 Å². The number of hydrogen-bond acceptors (Lipinski definition) is 4. The van der Waals surface area contributed by atoms with Crippen LogP contribution >= 0.6 is 0 Å². The largest absolute Gasteiger partial charge is 0.441 e. The molecule has 0 spiro atoms. The van der Waals surface area contributed by atoms with Gasteiger partial charge in [-0.15, -0.1) is 0 Å². The average Bonchev–Trinajstić information content (AvgIpc) is 3.02. The summed E-state index contributed by atoms with van der Waals surface area (Å²) >= 11 is 0. The molecule has 25 heavy (non-hydrogen) atoms. The molecule has 0 aliphatic carbocycles. The summed E-state index contributed by atoms with van der Waals surface area (Å²) in [5.41, 5.74) is 4.08. The zero-order chi connectivity index (χ0) is 17.2. The zero-order valence-corrected chi connectivity index (χ0v) is 14.1. The quantitative estimate of drug-likeness (QED) is 0.739. The van der Waals surface area contributed by atoms with E-state index in [1.54, 1.807) is 12.4 Å². The summed E-state index contributed by atoms with van der Waals surface area (Å²) in [5, 5.41) is 0. The van der Waals surface area contributed by atoms with Gasteiger partial charge in [-0.1, -0.05) is 24.3 Å². The molecular weight excluding hydrogens is 314 g/mol. The van der Waals surface area contributed by atoms with Crippen LogP contribution in [0.15, 0.2) is 53.2 Å². The topological polar surface area (TPSA) is 59.2 Å². The third-order valence-corrected chi connectivity index (χ3v) is 4.60. The first-order valence-corrected chi connectivity index (χ1v) is 8.42. The normalized spacial score (nSPS) is 13.6. The fourth-order valence-corrected chi connectivity index (χ4v) is 3.17. The number of aromatic nitrogens is 2. The average molecular weight is 333 g/mol. The van der Waals surface area contributed by atoms with Crippen molar-refractivity contribution in [3.8, 4) is 11.5 Å². The second kappa shape index (κ2) is 6.51. The first-order chi connectivity index (χ1) is 12.2. The molecule has 2 aromatic heterocycles. The number of pyridine rings is 1. The van der Waals surface area contributed by atoms with Gasteiger partial charge in [0.2, 0.25) is 11.8 Å². The standard InChI is InChI=1S/C20H19N3O2/c1-14-18(22-20(25-14)16-7-4-9-21-12-16)11-19(24)23-10-8-15-5-2-3-6-17(15)13-23/h2-7,9,12H,8,10-11,13H2,1H3. The molecule has 0 unspecified atom stereocenters. The van der Waals surface area contributed by atoms with Gasteiger partial charge in [-0.3, -0.25) is 9.78 Å². The maximum absolute atomic E-state index is 12.7. The van der Waals surface area contributed by atoms with Crippen molar-refractivity contribution in [2.45, 2.75) is 26.3 Å². The SMILES string of the molecule is Cc1oc(-c2cccnc2)nc1CC(=O)N1CCc2ccccc2C1. The molecule has 0 fully saturated rings. The van der Waals surface area contributed by atoms with Gasteiger partial charge in [-0.2, -0.15) is 0 Å². The summed E-state index contributed by atoms with van der Waals surface area (Å²) in [4.78, 5) is 23.2. The van der Waals surface area contributed by atoms with Gasteiger partial charge in [0.1, 0.15) is 5.76 Å². The monoisotopic (exact) mass is 333 g/mol. The number of fused-ring (bicyclic) bond motifs is 1. The Kier molecular flexibility index (Phi) is 4.06. The summed E-state index contributed by atoms with van der Waals surface area (Å²) in [6.07, 6.45) is 4.58. The summed E-state index contributed by atoms with van der Waals surface area (Å²) in [6.45, 7) is 3.27. The van der Waals surface area contributed by atoms with Gasteiger partial charge in [0.25, 0.3) is 0 Å². The van der Waals surface area contributed by atoms with Gasteiger partial charge >= 0.3 is 0 Å². The fraction of sp³-hybridized carbons (Fsp3) is 0.250. The lowest BCUT2D eigenvalue weighted by molar-refractivity contribution is -0.131. The Hall–Kier alpha value is -2.95. The van der Waals surface area contributed by atoms with Crippen molar-refractivity contribution in [1.29, 1.82) is 0 Å². The van der Waals surface area contributed by atoms with Gasteiger partial charge < -0.3 is 9.32 Å². The fourth-order valence-electron chi connectivity index (χ4n) is 3.17. The molecule has 1 amide bonds. The van der Waals surface area contributed by atoms with Crippen molar-refractivity contribution >= 4 is 5.91 Å². The summed E-state index contributed by atoms with van der Waals surface area (Å²) < 4.78 is 5.72. The number of nitrogens with zero attached hydrogens (tertiary/aromatic N) is 3. The smallest absolute Gasteiger partial charge is 0.229 e. The molecule has 1 aromatic carbocycles. The molecule has 3 heterocycles. The molecule has 0 saturated heterocycles. The van der Waals surface area contributed by atoms with Crippen molar-refractivity contribution < 1.29 is 9.21 Å². The van der Waals surface area contributed by atoms with E-state index >= 15 is 0 Å². The minimum absolute atomic E-state index is 0.0867. The van der Waals surface area contributed by atoms with E-state index in [2.05, 4.69) is 28.2 Å². The lowest BCUT2D eigenvalue weighted by Crippen LogP contribution is -2.37. The van der Waals surface area contributed by atoms with Crippen LogP contribution in [-0.4, -0.2) is 27.3 Å². The van der Waals surface area contributed by atoms with Gasteiger partial charge in [0, 0.05) is 25.5 Å². The van der Waals surface area contributed by atoms with Crippen molar-refractivity contribution in [3.05, 3.63) is 71.4 Å². The first-order valence-electron chi connectivity index (χ1n) is 8.42. The predicted molar refractivity (Wildman–Crippen MR) is 93.7 cm³/mol. The lowest BCUT2D eigenvalue weighted by Gasteiger charge is -2.28. The van der Waals surface area contributed by atoms with E-state index in [9.17, 15) is 4.79 Å². The minimum Gasteiger partial charge on any atom is -0.441 e. The van der Waals surface area contributed by atoms with Crippen LogP contribution in [-0.2, 0) is 24.2 Å². The minimum atomic E-state index is 0.0867. The highest BCUT2D eigenvalue weighted by molar-refractivity contribution is 5.79. The number of aryl methyl sites for hydroxylation is 1. The Morgan fingerprint density at radius 2 is 2.04 bits per heavy atom. The number of benzene rings is 1. The maximum Gasteiger partial charge on any atom is 0.229 e. The Labute approximate surface area is 146 Å². The number of amides is 1. The molecule has 4 rings (SSSR count). The van der Waals surface area contributed by atoms with Gasteiger partial charge in [-0.05, 0) is 36.6 Å². The van der Waals surface area contributed by atoms with Crippen LogP contribution in [0.1, 0.15) is 22.6 Å². The van der Waals surface area contributed by atoms with E-state index in [4.69, 9.17) is 4.42 Å². The Bertz CT molecular complexity index is 902. The molecule has 3 aromatic rings. The van der Waals surface area contributed by atoms with Crippen LogP contribution in [0.2, 0.25) is 0 Å². The van der Waals surface area contributed by atoms with E-state index in [-0.39, 0.29) is 12.3 Å². The second-order valence-electron chi connectivity index (χ2n) is 6.27. The van der Waals surface area contributed by atoms with E-state index in [0.29, 0.717) is 23.9 Å². The summed E-state index contributed by atoms with van der Waals surface area (Å²) in [7, 11) is 0. The van der Waals surface area contributed by atoms with Gasteiger partial charge in [-0.25, -0.2) is 4.98 Å². The van der Waals surface area contributed by atoms with Crippen molar-refractivity contribution in [2.24, 2.45) is 0 Å². The van der Waals surface area contributed by atoms with Crippen molar-refractivity contribution in [2.75, 3.05) is 6.54 Å². The van der Waals surface area contributed by atoms with Crippen LogP contribution in [0, 0.1) is 6.92 Å². The van der Waals surface area contributed by atoms with Crippen LogP contribution in [0.25, 0.3) is 11.5 Å². The molecule has 0 saturated carbocycles. The molecule has 5 nitrogen and oxygen atoms in total. The molecule has 0 radical (unpaired) electrons.